The van der Waals surface area contributed by atoms with Gasteiger partial charge in [-0.15, -0.1) is 5.10 Å². The number of methoxy groups -OCH3 is 1. The molecule has 1 saturated heterocycles. The number of hydrogen-bond donors (Lipinski definition) is 2. The third-order valence-corrected chi connectivity index (χ3v) is 8.15. The Morgan fingerprint density at radius 1 is 1.03 bits per heavy atom. The third-order valence-electron chi connectivity index (χ3n) is 8.15. The fourth-order valence-electron chi connectivity index (χ4n) is 6.36. The zero-order chi connectivity index (χ0) is 26.6. The summed E-state index contributed by atoms with van der Waals surface area (Å²) < 4.78 is 33.1. The first-order valence-electron chi connectivity index (χ1n) is 13.0. The SMILES string of the molecule is CNc1nc(N[C@@H]2[C@@H]3CC[C@H]2CN(c2cnnc(OC)c2)C3)nc2c1C(C)(C)CN2c1ccc(F)c(F)c1. The average molecular weight is 523 g/mol. The lowest BCUT2D eigenvalue weighted by Crippen LogP contribution is -2.48. The van der Waals surface area contributed by atoms with Gasteiger partial charge in [-0.3, -0.25) is 0 Å². The average Bonchev–Trinajstić information content (AvgIpc) is 3.30. The zero-order valence-electron chi connectivity index (χ0n) is 22.0. The van der Waals surface area contributed by atoms with Crippen LogP contribution in [0, 0.1) is 23.5 Å². The molecule has 2 N–H and O–H groups in total. The van der Waals surface area contributed by atoms with E-state index in [-0.39, 0.29) is 11.5 Å². The second-order valence-electron chi connectivity index (χ2n) is 11.0. The van der Waals surface area contributed by atoms with Crippen LogP contribution >= 0.6 is 0 Å². The van der Waals surface area contributed by atoms with Crippen LogP contribution in [0.25, 0.3) is 0 Å². The second-order valence-corrected chi connectivity index (χ2v) is 11.0. The zero-order valence-corrected chi connectivity index (χ0v) is 22.0. The molecule has 1 aromatic carbocycles. The second kappa shape index (κ2) is 9.21. The number of anilines is 5. The summed E-state index contributed by atoms with van der Waals surface area (Å²) in [6.07, 6.45) is 4.02. The van der Waals surface area contributed by atoms with Crippen molar-refractivity contribution in [3.63, 3.8) is 0 Å². The Hall–Kier alpha value is -3.76. The predicted molar refractivity (Wildman–Crippen MR) is 142 cm³/mol. The molecule has 0 amide bonds. The molecule has 3 atom stereocenters. The maximum Gasteiger partial charge on any atom is 0.235 e. The number of fused-ring (bicyclic) bond motifs is 3. The normalized spacial score (nSPS) is 23.4. The summed E-state index contributed by atoms with van der Waals surface area (Å²) in [5.41, 5.74) is 2.26. The van der Waals surface area contributed by atoms with Crippen molar-refractivity contribution in [3.8, 4) is 5.88 Å². The van der Waals surface area contributed by atoms with E-state index in [1.807, 2.05) is 18.0 Å². The van der Waals surface area contributed by atoms with Crippen LogP contribution in [-0.4, -0.2) is 60.0 Å². The summed E-state index contributed by atoms with van der Waals surface area (Å²) in [6, 6.07) is 6.15. The smallest absolute Gasteiger partial charge is 0.235 e. The lowest BCUT2D eigenvalue weighted by atomic mass is 9.88. The van der Waals surface area contributed by atoms with Crippen molar-refractivity contribution in [2.24, 2.45) is 11.8 Å². The largest absolute Gasteiger partial charge is 0.480 e. The van der Waals surface area contributed by atoms with Crippen LogP contribution in [0.4, 0.5) is 37.7 Å². The number of aromatic nitrogens is 4. The van der Waals surface area contributed by atoms with E-state index in [1.54, 1.807) is 19.4 Å². The Labute approximate surface area is 220 Å². The number of nitrogens with one attached hydrogen (secondary N) is 2. The third kappa shape index (κ3) is 4.13. The van der Waals surface area contributed by atoms with E-state index in [0.717, 1.165) is 49.1 Å². The number of rotatable bonds is 6. The molecule has 0 radical (unpaired) electrons. The van der Waals surface area contributed by atoms with Gasteiger partial charge in [0.1, 0.15) is 11.6 Å². The van der Waals surface area contributed by atoms with E-state index in [0.29, 0.717) is 41.7 Å². The van der Waals surface area contributed by atoms with Crippen molar-refractivity contribution in [2.75, 3.05) is 54.2 Å². The Kier molecular flexibility index (Phi) is 5.96. The van der Waals surface area contributed by atoms with Gasteiger partial charge in [0.05, 0.1) is 19.0 Å². The molecular weight excluding hydrogens is 490 g/mol. The van der Waals surface area contributed by atoms with Crippen molar-refractivity contribution < 1.29 is 13.5 Å². The lowest BCUT2D eigenvalue weighted by molar-refractivity contribution is 0.373. The highest BCUT2D eigenvalue weighted by Crippen LogP contribution is 2.47. The quantitative estimate of drug-likeness (QED) is 0.490. The van der Waals surface area contributed by atoms with E-state index < -0.39 is 11.6 Å². The Balaban J connectivity index is 1.29. The number of ether oxygens (including phenoxy) is 1. The molecule has 6 rings (SSSR count). The molecule has 200 valence electrons. The molecule has 4 heterocycles. The molecule has 2 aliphatic heterocycles. The van der Waals surface area contributed by atoms with Gasteiger partial charge < -0.3 is 25.2 Å². The van der Waals surface area contributed by atoms with Gasteiger partial charge in [-0.05, 0) is 36.8 Å². The minimum Gasteiger partial charge on any atom is -0.480 e. The molecule has 2 fully saturated rings. The minimum absolute atomic E-state index is 0.233. The highest BCUT2D eigenvalue weighted by atomic mass is 19.2. The van der Waals surface area contributed by atoms with E-state index in [4.69, 9.17) is 14.7 Å². The fourth-order valence-corrected chi connectivity index (χ4v) is 6.36. The van der Waals surface area contributed by atoms with Crippen LogP contribution < -0.4 is 25.2 Å². The molecule has 2 bridgehead atoms. The van der Waals surface area contributed by atoms with Crippen molar-refractivity contribution in [3.05, 3.63) is 47.7 Å². The number of halogens is 2. The van der Waals surface area contributed by atoms with Crippen LogP contribution in [0.15, 0.2) is 30.5 Å². The predicted octanol–water partition coefficient (Wildman–Crippen LogP) is 4.35. The number of piperidine rings is 1. The maximum atomic E-state index is 14.1. The Morgan fingerprint density at radius 2 is 1.79 bits per heavy atom. The standard InChI is InChI=1S/C27H32F2N8O/c1-27(2)14-37(17-7-8-19(28)20(29)9-17)25-22(27)24(30-3)33-26(34-25)32-23-15-5-6-16(23)13-36(12-15)18-10-21(38-4)35-31-11-18/h7-11,15-16,23H,5-6,12-14H2,1-4H3,(H2,30,32,33,34)/t15-,16+,23-. The van der Waals surface area contributed by atoms with Crippen LogP contribution in [0.3, 0.4) is 0 Å². The monoisotopic (exact) mass is 522 g/mol. The van der Waals surface area contributed by atoms with Gasteiger partial charge in [0, 0.05) is 61.5 Å². The summed E-state index contributed by atoms with van der Waals surface area (Å²) in [5.74, 6) is 1.60. The molecule has 0 unspecified atom stereocenters. The van der Waals surface area contributed by atoms with Crippen LogP contribution in [0.5, 0.6) is 5.88 Å². The molecule has 3 aliphatic rings. The summed E-state index contributed by atoms with van der Waals surface area (Å²) in [4.78, 5) is 14.1. The molecule has 9 nitrogen and oxygen atoms in total. The van der Waals surface area contributed by atoms with E-state index >= 15 is 0 Å². The van der Waals surface area contributed by atoms with Gasteiger partial charge in [0.15, 0.2) is 11.6 Å². The van der Waals surface area contributed by atoms with Gasteiger partial charge in [-0.2, -0.15) is 15.1 Å². The molecule has 38 heavy (non-hydrogen) atoms. The van der Waals surface area contributed by atoms with Gasteiger partial charge in [-0.1, -0.05) is 13.8 Å². The maximum absolute atomic E-state index is 14.1. The van der Waals surface area contributed by atoms with E-state index in [2.05, 4.69) is 39.6 Å². The number of nitrogens with zero attached hydrogens (tertiary/aromatic N) is 6. The highest BCUT2D eigenvalue weighted by molar-refractivity contribution is 5.75. The van der Waals surface area contributed by atoms with Crippen LogP contribution in [0.1, 0.15) is 32.3 Å². The summed E-state index contributed by atoms with van der Waals surface area (Å²) in [6.45, 7) is 6.58. The topological polar surface area (TPSA) is 91.3 Å². The fraction of sp³-hybridized carbons (Fsp3) is 0.481. The van der Waals surface area contributed by atoms with E-state index in [1.165, 1.54) is 6.07 Å². The molecule has 11 heteroatoms. The molecule has 1 saturated carbocycles. The van der Waals surface area contributed by atoms with Crippen molar-refractivity contribution in [1.29, 1.82) is 0 Å². The van der Waals surface area contributed by atoms with Crippen LogP contribution in [-0.2, 0) is 5.41 Å². The Bertz CT molecular complexity index is 1350. The number of benzene rings is 1. The first kappa shape index (κ1) is 24.6. The van der Waals surface area contributed by atoms with Gasteiger partial charge in [0.25, 0.3) is 0 Å². The molecule has 1 aliphatic carbocycles. The summed E-state index contributed by atoms with van der Waals surface area (Å²) in [7, 11) is 3.44. The van der Waals surface area contributed by atoms with Crippen molar-refractivity contribution in [2.45, 2.75) is 38.1 Å². The van der Waals surface area contributed by atoms with Crippen LogP contribution in [0.2, 0.25) is 0 Å². The van der Waals surface area contributed by atoms with Gasteiger partial charge >= 0.3 is 0 Å². The van der Waals surface area contributed by atoms with Gasteiger partial charge in [-0.25, -0.2) is 8.78 Å². The first-order chi connectivity index (χ1) is 18.3. The highest BCUT2D eigenvalue weighted by Gasteiger charge is 2.44. The van der Waals surface area contributed by atoms with Crippen molar-refractivity contribution >= 4 is 29.0 Å². The first-order valence-corrected chi connectivity index (χ1v) is 13.0. The molecule has 0 spiro atoms. The van der Waals surface area contributed by atoms with Gasteiger partial charge in [0.2, 0.25) is 11.8 Å². The molecule has 3 aromatic rings. The lowest BCUT2D eigenvalue weighted by Gasteiger charge is -2.39. The number of hydrogen-bond acceptors (Lipinski definition) is 9. The van der Waals surface area contributed by atoms with E-state index in [9.17, 15) is 8.78 Å². The Morgan fingerprint density at radius 3 is 2.47 bits per heavy atom. The summed E-state index contributed by atoms with van der Waals surface area (Å²) in [5, 5.41) is 15.0. The minimum atomic E-state index is -0.875. The molecular formula is C27H32F2N8O. The molecule has 2 aromatic heterocycles. The van der Waals surface area contributed by atoms with Crippen molar-refractivity contribution in [1.82, 2.24) is 20.2 Å². The summed E-state index contributed by atoms with van der Waals surface area (Å²) >= 11 is 0.